The highest BCUT2D eigenvalue weighted by molar-refractivity contribution is 6.10. The number of hydrogen-bond donors (Lipinski definition) is 1. The van der Waals surface area contributed by atoms with Gasteiger partial charge >= 0.3 is 0 Å². The van der Waals surface area contributed by atoms with E-state index in [-0.39, 0.29) is 17.7 Å². The van der Waals surface area contributed by atoms with E-state index in [1.165, 1.54) is 12.1 Å². The molecule has 122 valence electrons. The van der Waals surface area contributed by atoms with Crippen molar-refractivity contribution in [2.45, 2.75) is 12.5 Å². The van der Waals surface area contributed by atoms with Crippen LogP contribution in [-0.2, 0) is 0 Å². The molecule has 24 heavy (non-hydrogen) atoms. The number of hydrazone groups is 1. The third kappa shape index (κ3) is 1.89. The summed E-state index contributed by atoms with van der Waals surface area (Å²) in [7, 11) is 3.06. The van der Waals surface area contributed by atoms with Crippen LogP contribution in [0.5, 0.6) is 17.2 Å². The van der Waals surface area contributed by atoms with Crippen molar-refractivity contribution in [3.63, 3.8) is 0 Å². The predicted octanol–water partition coefficient (Wildman–Crippen LogP) is 2.71. The largest absolute Gasteiger partial charge is 0.507 e. The van der Waals surface area contributed by atoms with E-state index in [1.54, 1.807) is 31.4 Å². The van der Waals surface area contributed by atoms with E-state index in [2.05, 4.69) is 5.10 Å². The van der Waals surface area contributed by atoms with Gasteiger partial charge in [-0.1, -0.05) is 18.2 Å². The summed E-state index contributed by atoms with van der Waals surface area (Å²) in [6.45, 7) is 0. The number of rotatable bonds is 3. The van der Waals surface area contributed by atoms with E-state index >= 15 is 0 Å². The number of carbonyl (C=O) groups is 1. The summed E-state index contributed by atoms with van der Waals surface area (Å²) in [5.74, 6) is 0.915. The molecule has 1 atom stereocenters. The number of methoxy groups -OCH3 is 2. The zero-order valence-electron chi connectivity index (χ0n) is 13.3. The third-order valence-corrected chi connectivity index (χ3v) is 4.48. The number of hydrogen-bond acceptors (Lipinski definition) is 5. The normalized spacial score (nSPS) is 18.2. The molecule has 4 rings (SSSR count). The lowest BCUT2D eigenvalue weighted by Gasteiger charge is -2.12. The van der Waals surface area contributed by atoms with Crippen molar-refractivity contribution >= 4 is 11.6 Å². The fourth-order valence-electron chi connectivity index (χ4n) is 3.38. The Bertz CT molecular complexity index is 875. The number of ether oxygens (including phenoxy) is 2. The number of amides is 1. The molecule has 6 heteroatoms. The molecule has 2 aromatic rings. The molecular weight excluding hydrogens is 308 g/mol. The highest BCUT2D eigenvalue weighted by Crippen LogP contribution is 2.47. The van der Waals surface area contributed by atoms with Crippen molar-refractivity contribution in [2.75, 3.05) is 14.2 Å². The molecular formula is C18H16N2O4. The monoisotopic (exact) mass is 324 g/mol. The molecule has 0 fully saturated rings. The average molecular weight is 324 g/mol. The highest BCUT2D eigenvalue weighted by atomic mass is 16.5. The summed E-state index contributed by atoms with van der Waals surface area (Å²) in [6, 6.07) is 10.5. The van der Waals surface area contributed by atoms with E-state index in [4.69, 9.17) is 9.47 Å². The minimum atomic E-state index is -0.212. The van der Waals surface area contributed by atoms with Crippen LogP contribution in [0, 0.1) is 0 Å². The summed E-state index contributed by atoms with van der Waals surface area (Å²) in [5, 5.41) is 15.9. The van der Waals surface area contributed by atoms with Crippen LogP contribution in [0.2, 0.25) is 0 Å². The smallest absolute Gasteiger partial charge is 0.278 e. The molecule has 0 aromatic heterocycles. The second kappa shape index (κ2) is 5.26. The lowest BCUT2D eigenvalue weighted by atomic mass is 9.97. The van der Waals surface area contributed by atoms with Gasteiger partial charge in [0.2, 0.25) is 0 Å². The van der Waals surface area contributed by atoms with Gasteiger partial charge in [0.15, 0.2) is 11.5 Å². The van der Waals surface area contributed by atoms with E-state index in [9.17, 15) is 9.90 Å². The Balaban J connectivity index is 1.78. The summed E-state index contributed by atoms with van der Waals surface area (Å²) < 4.78 is 10.7. The van der Waals surface area contributed by atoms with Gasteiger partial charge < -0.3 is 14.6 Å². The number of carbonyl (C=O) groups excluding carboxylic acids is 1. The van der Waals surface area contributed by atoms with Crippen molar-refractivity contribution in [1.29, 1.82) is 0 Å². The molecule has 1 amide bonds. The van der Waals surface area contributed by atoms with E-state index in [1.807, 2.05) is 12.1 Å². The number of nitrogens with zero attached hydrogens (tertiary/aromatic N) is 2. The van der Waals surface area contributed by atoms with Crippen molar-refractivity contribution < 1.29 is 19.4 Å². The van der Waals surface area contributed by atoms with Crippen LogP contribution in [0.1, 0.15) is 33.9 Å². The van der Waals surface area contributed by atoms with Crippen molar-refractivity contribution in [3.05, 3.63) is 53.1 Å². The fourth-order valence-corrected chi connectivity index (χ4v) is 3.38. The SMILES string of the molecule is COc1ccc2c(c1OC)C(=O)N1N=C(c3ccccc3O)C[C@H]21. The first-order valence-corrected chi connectivity index (χ1v) is 7.60. The fraction of sp³-hybridized carbons (Fsp3) is 0.222. The molecule has 2 aromatic carbocycles. The van der Waals surface area contributed by atoms with Gasteiger partial charge in [-0.3, -0.25) is 4.79 Å². The van der Waals surface area contributed by atoms with E-state index < -0.39 is 0 Å². The van der Waals surface area contributed by atoms with Gasteiger partial charge in [0.05, 0.1) is 31.5 Å². The summed E-state index contributed by atoms with van der Waals surface area (Å²) in [4.78, 5) is 12.8. The lowest BCUT2D eigenvalue weighted by molar-refractivity contribution is 0.0753. The molecule has 6 nitrogen and oxygen atoms in total. The van der Waals surface area contributed by atoms with Crippen LogP contribution in [0.3, 0.4) is 0 Å². The molecule has 2 aliphatic heterocycles. The molecule has 0 saturated heterocycles. The maximum absolute atomic E-state index is 12.8. The quantitative estimate of drug-likeness (QED) is 0.942. The maximum Gasteiger partial charge on any atom is 0.278 e. The van der Waals surface area contributed by atoms with Crippen molar-refractivity contribution in [3.8, 4) is 17.2 Å². The van der Waals surface area contributed by atoms with Gasteiger partial charge in [-0.05, 0) is 23.8 Å². The van der Waals surface area contributed by atoms with E-state index in [0.29, 0.717) is 34.8 Å². The molecule has 2 heterocycles. The van der Waals surface area contributed by atoms with Gasteiger partial charge in [0, 0.05) is 12.0 Å². The Labute approximate surface area is 138 Å². The lowest BCUT2D eigenvalue weighted by Crippen LogP contribution is -2.18. The van der Waals surface area contributed by atoms with Crippen LogP contribution < -0.4 is 9.47 Å². The Kier molecular flexibility index (Phi) is 3.19. The molecule has 0 unspecified atom stereocenters. The molecule has 0 spiro atoms. The zero-order valence-corrected chi connectivity index (χ0v) is 13.3. The molecule has 0 radical (unpaired) electrons. The Morgan fingerprint density at radius 1 is 1.17 bits per heavy atom. The number of para-hydroxylation sites is 1. The van der Waals surface area contributed by atoms with Gasteiger partial charge in [-0.25, -0.2) is 5.01 Å². The summed E-state index contributed by atoms with van der Waals surface area (Å²) >= 11 is 0. The number of benzene rings is 2. The highest BCUT2D eigenvalue weighted by Gasteiger charge is 2.44. The van der Waals surface area contributed by atoms with Crippen molar-refractivity contribution in [1.82, 2.24) is 5.01 Å². The molecule has 2 aliphatic rings. The number of fused-ring (bicyclic) bond motifs is 3. The number of phenols is 1. The first kappa shape index (κ1) is 14.6. The first-order valence-electron chi connectivity index (χ1n) is 7.60. The van der Waals surface area contributed by atoms with Gasteiger partial charge in [-0.15, -0.1) is 0 Å². The molecule has 0 aliphatic carbocycles. The van der Waals surface area contributed by atoms with Gasteiger partial charge in [0.1, 0.15) is 5.75 Å². The maximum atomic E-state index is 12.8. The minimum Gasteiger partial charge on any atom is -0.507 e. The molecule has 0 bridgehead atoms. The average Bonchev–Trinajstić information content (AvgIpc) is 3.14. The van der Waals surface area contributed by atoms with Gasteiger partial charge in [-0.2, -0.15) is 5.10 Å². The number of aromatic hydroxyl groups is 1. The Morgan fingerprint density at radius 2 is 1.96 bits per heavy atom. The summed E-state index contributed by atoms with van der Waals surface area (Å²) in [6.07, 6.45) is 0.547. The second-order valence-electron chi connectivity index (χ2n) is 5.70. The number of phenolic OH excluding ortho intramolecular Hbond substituents is 1. The Morgan fingerprint density at radius 3 is 2.67 bits per heavy atom. The van der Waals surface area contributed by atoms with E-state index in [0.717, 1.165) is 5.56 Å². The summed E-state index contributed by atoms with van der Waals surface area (Å²) in [5.41, 5.74) is 2.72. The van der Waals surface area contributed by atoms with Crippen molar-refractivity contribution in [2.24, 2.45) is 5.10 Å². The molecule has 1 N–H and O–H groups in total. The Hall–Kier alpha value is -3.02. The standard InChI is InChI=1S/C18H16N2O4/c1-23-15-8-7-11-13-9-12(10-5-3-4-6-14(10)21)19-20(13)18(22)16(11)17(15)24-2/h3-8,13,21H,9H2,1-2H3/t13-/m1/s1. The first-order chi connectivity index (χ1) is 11.7. The van der Waals surface area contributed by atoms with Crippen LogP contribution in [0.25, 0.3) is 0 Å². The van der Waals surface area contributed by atoms with Crippen LogP contribution in [0.4, 0.5) is 0 Å². The second-order valence-corrected chi connectivity index (χ2v) is 5.70. The predicted molar refractivity (Wildman–Crippen MR) is 87.7 cm³/mol. The third-order valence-electron chi connectivity index (χ3n) is 4.48. The van der Waals surface area contributed by atoms with Crippen LogP contribution in [0.15, 0.2) is 41.5 Å². The van der Waals surface area contributed by atoms with Crippen LogP contribution >= 0.6 is 0 Å². The van der Waals surface area contributed by atoms with Gasteiger partial charge in [0.25, 0.3) is 5.91 Å². The minimum absolute atomic E-state index is 0.164. The topological polar surface area (TPSA) is 71.4 Å². The zero-order chi connectivity index (χ0) is 16.8. The van der Waals surface area contributed by atoms with Crippen LogP contribution in [-0.4, -0.2) is 36.0 Å². The molecule has 0 saturated carbocycles.